The van der Waals surface area contributed by atoms with Gasteiger partial charge in [-0.1, -0.05) is 17.4 Å². The Balaban J connectivity index is 1.86. The molecule has 2 aromatic heterocycles. The summed E-state index contributed by atoms with van der Waals surface area (Å²) in [6, 6.07) is 4.57. The van der Waals surface area contributed by atoms with Crippen molar-refractivity contribution in [3.63, 3.8) is 0 Å². The molecule has 0 spiro atoms. The number of hydrogen-bond donors (Lipinski definition) is 1. The molecule has 0 saturated heterocycles. The second-order valence-corrected chi connectivity index (χ2v) is 6.34. The zero-order chi connectivity index (χ0) is 17.3. The third-order valence-electron chi connectivity index (χ3n) is 3.57. The summed E-state index contributed by atoms with van der Waals surface area (Å²) in [6.07, 6.45) is 1.41. The van der Waals surface area contributed by atoms with Crippen LogP contribution in [0, 0.1) is 11.6 Å². The van der Waals surface area contributed by atoms with Gasteiger partial charge in [0, 0.05) is 24.4 Å². The van der Waals surface area contributed by atoms with Crippen LogP contribution in [0.1, 0.15) is 11.6 Å². The van der Waals surface area contributed by atoms with Crippen LogP contribution in [0.3, 0.4) is 0 Å². The van der Waals surface area contributed by atoms with Crippen molar-refractivity contribution in [3.05, 3.63) is 58.0 Å². The molecule has 0 saturated carbocycles. The largest absolute Gasteiger partial charge is 0.358 e. The van der Waals surface area contributed by atoms with E-state index in [0.717, 1.165) is 0 Å². The standard InChI is InChI=1S/C15H15F2N5OS/c1-21(2)11(13-9(16)4-3-5-10(13)17)8-19-14-20-22-12(23)6-7-18-15(22)24-14/h3-7,11H,8H2,1-2H3,(H,19,20). The van der Waals surface area contributed by atoms with Gasteiger partial charge < -0.3 is 10.2 Å². The van der Waals surface area contributed by atoms with E-state index < -0.39 is 17.7 Å². The van der Waals surface area contributed by atoms with Gasteiger partial charge in [0.2, 0.25) is 10.1 Å². The first kappa shape index (κ1) is 16.5. The molecule has 0 radical (unpaired) electrons. The van der Waals surface area contributed by atoms with E-state index >= 15 is 0 Å². The molecular formula is C15H15F2N5OS. The Kier molecular flexibility index (Phi) is 4.54. The van der Waals surface area contributed by atoms with Crippen LogP contribution in [-0.2, 0) is 0 Å². The highest BCUT2D eigenvalue weighted by atomic mass is 32.1. The molecule has 24 heavy (non-hydrogen) atoms. The average Bonchev–Trinajstić information content (AvgIpc) is 2.94. The quantitative estimate of drug-likeness (QED) is 0.763. The maximum atomic E-state index is 14.0. The van der Waals surface area contributed by atoms with E-state index in [1.807, 2.05) is 0 Å². The van der Waals surface area contributed by atoms with Crippen LogP contribution in [0.2, 0.25) is 0 Å². The van der Waals surface area contributed by atoms with Gasteiger partial charge in [0.1, 0.15) is 11.6 Å². The lowest BCUT2D eigenvalue weighted by Gasteiger charge is -2.25. The SMILES string of the molecule is CN(C)C(CNc1nn2c(=O)ccnc2s1)c1c(F)cccc1F. The van der Waals surface area contributed by atoms with Crippen molar-refractivity contribution in [1.29, 1.82) is 0 Å². The fourth-order valence-corrected chi connectivity index (χ4v) is 3.15. The first-order chi connectivity index (χ1) is 11.5. The fraction of sp³-hybridized carbons (Fsp3) is 0.267. The topological polar surface area (TPSA) is 62.5 Å². The molecule has 9 heteroatoms. The van der Waals surface area contributed by atoms with E-state index in [1.165, 1.54) is 46.3 Å². The molecule has 0 amide bonds. The number of nitrogens with one attached hydrogen (secondary N) is 1. The predicted octanol–water partition coefficient (Wildman–Crippen LogP) is 2.14. The molecule has 0 fully saturated rings. The fourth-order valence-electron chi connectivity index (χ4n) is 2.37. The molecule has 0 aliphatic carbocycles. The second-order valence-electron chi connectivity index (χ2n) is 5.38. The van der Waals surface area contributed by atoms with Crippen molar-refractivity contribution >= 4 is 21.4 Å². The van der Waals surface area contributed by atoms with Crippen molar-refractivity contribution in [3.8, 4) is 0 Å². The van der Waals surface area contributed by atoms with Crippen molar-refractivity contribution in [2.24, 2.45) is 0 Å². The van der Waals surface area contributed by atoms with Crippen LogP contribution < -0.4 is 10.9 Å². The molecule has 1 N–H and O–H groups in total. The summed E-state index contributed by atoms with van der Waals surface area (Å²) in [5, 5.41) is 7.61. The Morgan fingerprint density at radius 2 is 2.00 bits per heavy atom. The van der Waals surface area contributed by atoms with Crippen LogP contribution >= 0.6 is 11.3 Å². The average molecular weight is 351 g/mol. The zero-order valence-electron chi connectivity index (χ0n) is 13.0. The number of aromatic nitrogens is 3. The lowest BCUT2D eigenvalue weighted by Crippen LogP contribution is -2.28. The van der Waals surface area contributed by atoms with Crippen LogP contribution in [-0.4, -0.2) is 40.1 Å². The first-order valence-corrected chi connectivity index (χ1v) is 7.98. The van der Waals surface area contributed by atoms with Gasteiger partial charge >= 0.3 is 0 Å². The van der Waals surface area contributed by atoms with Crippen LogP contribution in [0.4, 0.5) is 13.9 Å². The molecular weight excluding hydrogens is 336 g/mol. The van der Waals surface area contributed by atoms with Gasteiger partial charge in [-0.05, 0) is 26.2 Å². The Morgan fingerprint density at radius 3 is 2.62 bits per heavy atom. The Labute approximate surface area is 140 Å². The normalized spacial score (nSPS) is 12.7. The number of likely N-dealkylation sites (N-methyl/N-ethyl adjacent to an activating group) is 1. The highest BCUT2D eigenvalue weighted by molar-refractivity contribution is 7.20. The number of nitrogens with zero attached hydrogens (tertiary/aromatic N) is 4. The van der Waals surface area contributed by atoms with E-state index in [-0.39, 0.29) is 17.7 Å². The highest BCUT2D eigenvalue weighted by Crippen LogP contribution is 2.25. The van der Waals surface area contributed by atoms with Crippen molar-refractivity contribution in [1.82, 2.24) is 19.5 Å². The maximum Gasteiger partial charge on any atom is 0.275 e. The summed E-state index contributed by atoms with van der Waals surface area (Å²) in [7, 11) is 3.48. The van der Waals surface area contributed by atoms with Crippen molar-refractivity contribution < 1.29 is 8.78 Å². The maximum absolute atomic E-state index is 14.0. The summed E-state index contributed by atoms with van der Waals surface area (Å²) >= 11 is 1.19. The molecule has 0 aliphatic heterocycles. The third-order valence-corrected chi connectivity index (χ3v) is 4.45. The van der Waals surface area contributed by atoms with Crippen LogP contribution in [0.5, 0.6) is 0 Å². The monoisotopic (exact) mass is 351 g/mol. The zero-order valence-corrected chi connectivity index (χ0v) is 13.8. The lowest BCUT2D eigenvalue weighted by molar-refractivity contribution is 0.295. The van der Waals surface area contributed by atoms with Gasteiger partial charge in [0.15, 0.2) is 0 Å². The molecule has 3 rings (SSSR count). The summed E-state index contributed by atoms with van der Waals surface area (Å²) in [6.45, 7) is 0.222. The summed E-state index contributed by atoms with van der Waals surface area (Å²) in [5.41, 5.74) is -0.292. The van der Waals surface area contributed by atoms with Gasteiger partial charge in [-0.15, -0.1) is 5.10 Å². The summed E-state index contributed by atoms with van der Waals surface area (Å²) < 4.78 is 29.3. The van der Waals surface area contributed by atoms with Crippen LogP contribution in [0.25, 0.3) is 4.96 Å². The molecule has 3 aromatic rings. The number of benzene rings is 1. The van der Waals surface area contributed by atoms with Gasteiger partial charge in [-0.3, -0.25) is 4.79 Å². The van der Waals surface area contributed by atoms with Crippen LogP contribution in [0.15, 0.2) is 35.3 Å². The predicted molar refractivity (Wildman–Crippen MR) is 88.4 cm³/mol. The van der Waals surface area contributed by atoms with Gasteiger partial charge in [-0.25, -0.2) is 13.8 Å². The number of hydrogen-bond acceptors (Lipinski definition) is 6. The molecule has 1 atom stereocenters. The van der Waals surface area contributed by atoms with E-state index in [2.05, 4.69) is 15.4 Å². The van der Waals surface area contributed by atoms with Crippen molar-refractivity contribution in [2.75, 3.05) is 26.0 Å². The Bertz CT molecular complexity index is 903. The lowest BCUT2D eigenvalue weighted by atomic mass is 10.0. The molecule has 126 valence electrons. The number of halogens is 2. The highest BCUT2D eigenvalue weighted by Gasteiger charge is 2.22. The minimum Gasteiger partial charge on any atom is -0.358 e. The minimum atomic E-state index is -0.599. The van der Waals surface area contributed by atoms with E-state index in [1.54, 1.807) is 19.0 Å². The van der Waals surface area contributed by atoms with Gasteiger partial charge in [0.05, 0.1) is 6.04 Å². The molecule has 1 unspecified atom stereocenters. The molecule has 2 heterocycles. The van der Waals surface area contributed by atoms with E-state index in [0.29, 0.717) is 10.1 Å². The molecule has 0 aliphatic rings. The summed E-state index contributed by atoms with van der Waals surface area (Å²) in [4.78, 5) is 17.9. The van der Waals surface area contributed by atoms with Gasteiger partial charge in [-0.2, -0.15) is 4.52 Å². The second kappa shape index (κ2) is 6.62. The minimum absolute atomic E-state index is 0.00796. The third kappa shape index (κ3) is 3.13. The molecule has 0 bridgehead atoms. The van der Waals surface area contributed by atoms with Crippen molar-refractivity contribution in [2.45, 2.75) is 6.04 Å². The number of fused-ring (bicyclic) bond motifs is 1. The van der Waals surface area contributed by atoms with E-state index in [4.69, 9.17) is 0 Å². The molecule has 1 aromatic carbocycles. The Morgan fingerprint density at radius 1 is 1.29 bits per heavy atom. The molecule has 6 nitrogen and oxygen atoms in total. The number of rotatable bonds is 5. The smallest absolute Gasteiger partial charge is 0.275 e. The first-order valence-electron chi connectivity index (χ1n) is 7.16. The van der Waals surface area contributed by atoms with E-state index in [9.17, 15) is 13.6 Å². The number of anilines is 1. The Hall–Kier alpha value is -2.39. The summed E-state index contributed by atoms with van der Waals surface area (Å²) in [5.74, 6) is -1.20. The van der Waals surface area contributed by atoms with Gasteiger partial charge in [0.25, 0.3) is 5.56 Å².